The van der Waals surface area contributed by atoms with E-state index in [1.54, 1.807) is 30.3 Å². The molecule has 0 radical (unpaired) electrons. The lowest BCUT2D eigenvalue weighted by Gasteiger charge is -2.11. The summed E-state index contributed by atoms with van der Waals surface area (Å²) in [7, 11) is 1.48. The van der Waals surface area contributed by atoms with Gasteiger partial charge in [-0.1, -0.05) is 30.9 Å². The molecule has 0 aromatic heterocycles. The van der Waals surface area contributed by atoms with E-state index in [1.165, 1.54) is 31.4 Å². The molecule has 0 saturated heterocycles. The molecule has 0 aliphatic rings. The molecule has 2 rings (SSSR count). The van der Waals surface area contributed by atoms with Crippen LogP contribution in [-0.2, 0) is 16.1 Å². The van der Waals surface area contributed by atoms with Crippen molar-refractivity contribution in [1.29, 1.82) is 5.26 Å². The number of esters is 1. The second-order valence-electron chi connectivity index (χ2n) is 5.38. The molecule has 2 aromatic rings. The van der Waals surface area contributed by atoms with Crippen molar-refractivity contribution in [3.05, 3.63) is 77.6 Å². The fraction of sp³-hybridized carbons (Fsp3) is 0.143. The lowest BCUT2D eigenvalue weighted by atomic mass is 10.1. The first-order chi connectivity index (χ1) is 13.1. The Bertz CT molecular complexity index is 882. The van der Waals surface area contributed by atoms with Crippen LogP contribution in [-0.4, -0.2) is 19.7 Å². The van der Waals surface area contributed by atoms with E-state index in [4.69, 9.17) is 19.5 Å². The normalized spacial score (nSPS) is 10.6. The van der Waals surface area contributed by atoms with Gasteiger partial charge in [0.2, 0.25) is 0 Å². The molecule has 2 aromatic carbocycles. The summed E-state index contributed by atoms with van der Waals surface area (Å²) in [5.41, 5.74) is 1.24. The van der Waals surface area contributed by atoms with Crippen LogP contribution >= 0.6 is 0 Å². The summed E-state index contributed by atoms with van der Waals surface area (Å²) in [6.45, 7) is 3.71. The maximum Gasteiger partial charge on any atom is 0.349 e. The minimum absolute atomic E-state index is 0.0251. The van der Waals surface area contributed by atoms with Crippen LogP contribution in [0.5, 0.6) is 11.5 Å². The molecule has 5 nitrogen and oxygen atoms in total. The van der Waals surface area contributed by atoms with Gasteiger partial charge >= 0.3 is 5.97 Å². The van der Waals surface area contributed by atoms with Crippen molar-refractivity contribution in [3.63, 3.8) is 0 Å². The van der Waals surface area contributed by atoms with Gasteiger partial charge in [0.15, 0.2) is 11.5 Å². The summed E-state index contributed by atoms with van der Waals surface area (Å²) in [4.78, 5) is 11.8. The zero-order valence-corrected chi connectivity index (χ0v) is 14.8. The third-order valence-electron chi connectivity index (χ3n) is 3.48. The number of nitriles is 1. The molecule has 27 heavy (non-hydrogen) atoms. The Morgan fingerprint density at radius 2 is 1.96 bits per heavy atom. The van der Waals surface area contributed by atoms with Crippen LogP contribution in [0.4, 0.5) is 4.39 Å². The molecule has 0 heterocycles. The molecule has 0 spiro atoms. The predicted molar refractivity (Wildman–Crippen MR) is 98.5 cm³/mol. The van der Waals surface area contributed by atoms with Crippen LogP contribution in [0, 0.1) is 17.1 Å². The van der Waals surface area contributed by atoms with E-state index in [-0.39, 0.29) is 24.6 Å². The van der Waals surface area contributed by atoms with Crippen LogP contribution in [0.15, 0.2) is 60.7 Å². The van der Waals surface area contributed by atoms with E-state index in [1.807, 2.05) is 6.07 Å². The summed E-state index contributed by atoms with van der Waals surface area (Å²) in [6.07, 6.45) is 2.82. The number of rotatable bonds is 8. The standard InChI is InChI=1S/C21H18FNO4/c1-3-10-26-21(24)17(13-23)11-16-6-9-19(20(12-16)25-2)27-14-15-4-7-18(22)8-5-15/h3-9,11-12H,1,10,14H2,2H3/b17-11+. The highest BCUT2D eigenvalue weighted by Crippen LogP contribution is 2.29. The van der Waals surface area contributed by atoms with Gasteiger partial charge in [0, 0.05) is 0 Å². The van der Waals surface area contributed by atoms with Gasteiger partial charge in [-0.05, 0) is 41.5 Å². The molecule has 0 amide bonds. The number of benzene rings is 2. The monoisotopic (exact) mass is 367 g/mol. The average molecular weight is 367 g/mol. The fourth-order valence-electron chi connectivity index (χ4n) is 2.15. The van der Waals surface area contributed by atoms with E-state index in [0.717, 1.165) is 5.56 Å². The van der Waals surface area contributed by atoms with Crippen LogP contribution in [0.3, 0.4) is 0 Å². The zero-order chi connectivity index (χ0) is 19.6. The topological polar surface area (TPSA) is 68.6 Å². The van der Waals surface area contributed by atoms with Gasteiger partial charge in [-0.15, -0.1) is 0 Å². The van der Waals surface area contributed by atoms with Gasteiger partial charge in [0.25, 0.3) is 0 Å². The molecule has 6 heteroatoms. The number of carbonyl (C=O) groups excluding carboxylic acids is 1. The second kappa shape index (κ2) is 9.78. The van der Waals surface area contributed by atoms with Crippen molar-refractivity contribution in [2.24, 2.45) is 0 Å². The quantitative estimate of drug-likeness (QED) is 0.305. The highest BCUT2D eigenvalue weighted by Gasteiger charge is 2.11. The van der Waals surface area contributed by atoms with E-state index in [0.29, 0.717) is 17.1 Å². The molecule has 138 valence electrons. The Balaban J connectivity index is 2.15. The van der Waals surface area contributed by atoms with Gasteiger partial charge in [-0.2, -0.15) is 5.26 Å². The number of nitrogens with zero attached hydrogens (tertiary/aromatic N) is 1. The SMILES string of the molecule is C=CCOC(=O)/C(C#N)=C/c1ccc(OCc2ccc(F)cc2)c(OC)c1. The first kappa shape index (κ1) is 19.7. The van der Waals surface area contributed by atoms with E-state index < -0.39 is 5.97 Å². The number of carbonyl (C=O) groups is 1. The van der Waals surface area contributed by atoms with Gasteiger partial charge in [-0.25, -0.2) is 9.18 Å². The molecule has 0 saturated carbocycles. The Labute approximate surface area is 156 Å². The van der Waals surface area contributed by atoms with Gasteiger partial charge in [-0.3, -0.25) is 0 Å². The van der Waals surface area contributed by atoms with Gasteiger partial charge in [0.1, 0.15) is 30.7 Å². The molecule has 0 unspecified atom stereocenters. The van der Waals surface area contributed by atoms with Crippen molar-refractivity contribution >= 4 is 12.0 Å². The van der Waals surface area contributed by atoms with Crippen molar-refractivity contribution in [3.8, 4) is 17.6 Å². The highest BCUT2D eigenvalue weighted by atomic mass is 19.1. The second-order valence-corrected chi connectivity index (χ2v) is 5.38. The summed E-state index contributed by atoms with van der Waals surface area (Å²) < 4.78 is 28.8. The lowest BCUT2D eigenvalue weighted by molar-refractivity contribution is -0.137. The molecular formula is C21H18FNO4. The fourth-order valence-corrected chi connectivity index (χ4v) is 2.15. The highest BCUT2D eigenvalue weighted by molar-refractivity contribution is 5.98. The third kappa shape index (κ3) is 5.72. The minimum Gasteiger partial charge on any atom is -0.493 e. The van der Waals surface area contributed by atoms with Gasteiger partial charge < -0.3 is 14.2 Å². The van der Waals surface area contributed by atoms with Crippen LogP contribution in [0.2, 0.25) is 0 Å². The van der Waals surface area contributed by atoms with E-state index in [9.17, 15) is 9.18 Å². The average Bonchev–Trinajstić information content (AvgIpc) is 2.70. The van der Waals surface area contributed by atoms with Crippen molar-refractivity contribution in [2.75, 3.05) is 13.7 Å². The maximum atomic E-state index is 12.9. The first-order valence-electron chi connectivity index (χ1n) is 8.02. The summed E-state index contributed by atoms with van der Waals surface area (Å²) >= 11 is 0. The smallest absolute Gasteiger partial charge is 0.349 e. The molecule has 0 aliphatic carbocycles. The Kier molecular flexibility index (Phi) is 7.15. The van der Waals surface area contributed by atoms with Crippen LogP contribution < -0.4 is 9.47 Å². The lowest BCUT2D eigenvalue weighted by Crippen LogP contribution is -2.06. The number of ether oxygens (including phenoxy) is 3. The van der Waals surface area contributed by atoms with Crippen molar-refractivity contribution in [1.82, 2.24) is 0 Å². The Morgan fingerprint density at radius 3 is 2.59 bits per heavy atom. The van der Waals surface area contributed by atoms with Crippen molar-refractivity contribution in [2.45, 2.75) is 6.61 Å². The summed E-state index contributed by atoms with van der Waals surface area (Å²) in [5.74, 6) is -0.130. The number of hydrogen-bond donors (Lipinski definition) is 0. The van der Waals surface area contributed by atoms with Gasteiger partial charge in [0.05, 0.1) is 7.11 Å². The molecular weight excluding hydrogens is 349 g/mol. The van der Waals surface area contributed by atoms with E-state index >= 15 is 0 Å². The Hall–Kier alpha value is -3.59. The molecule has 0 bridgehead atoms. The number of halogens is 1. The number of methoxy groups -OCH3 is 1. The van der Waals surface area contributed by atoms with E-state index in [2.05, 4.69) is 6.58 Å². The van der Waals surface area contributed by atoms with Crippen molar-refractivity contribution < 1.29 is 23.4 Å². The predicted octanol–water partition coefficient (Wildman–Crippen LogP) is 4.05. The summed E-state index contributed by atoms with van der Waals surface area (Å²) in [5, 5.41) is 9.14. The summed E-state index contributed by atoms with van der Waals surface area (Å²) in [6, 6.07) is 12.8. The molecule has 0 atom stereocenters. The maximum absolute atomic E-state index is 12.9. The number of hydrogen-bond acceptors (Lipinski definition) is 5. The molecule has 0 fully saturated rings. The largest absolute Gasteiger partial charge is 0.493 e. The first-order valence-corrected chi connectivity index (χ1v) is 8.02. The zero-order valence-electron chi connectivity index (χ0n) is 14.8. The molecule has 0 aliphatic heterocycles. The Morgan fingerprint density at radius 1 is 1.22 bits per heavy atom. The molecule has 0 N–H and O–H groups in total. The minimum atomic E-state index is -0.729. The van der Waals surface area contributed by atoms with Crippen LogP contribution in [0.1, 0.15) is 11.1 Å². The van der Waals surface area contributed by atoms with Crippen LogP contribution in [0.25, 0.3) is 6.08 Å². The third-order valence-corrected chi connectivity index (χ3v) is 3.48.